The van der Waals surface area contributed by atoms with Gasteiger partial charge in [-0.05, 0) is 31.5 Å². The number of rotatable bonds is 3. The largest absolute Gasteiger partial charge is 0.450 e. The Morgan fingerprint density at radius 3 is 2.65 bits per heavy atom. The van der Waals surface area contributed by atoms with Crippen LogP contribution >= 0.6 is 11.3 Å². The van der Waals surface area contributed by atoms with Crippen molar-refractivity contribution in [3.63, 3.8) is 0 Å². The standard InChI is InChI=1S/C21H14N4O5S/c1-10-6-7-15-14(8-10)18(26)16-17(12-4-3-5-13(9-12)25(28)29)24(20(27)19(16)30-15)21-23-22-11(2)31-21/h3-9,17H,1-2H3/t17-/m1/s1. The molecule has 31 heavy (non-hydrogen) atoms. The van der Waals surface area contributed by atoms with Crippen molar-refractivity contribution >= 4 is 39.0 Å². The molecule has 9 nitrogen and oxygen atoms in total. The number of anilines is 1. The Morgan fingerprint density at radius 1 is 1.13 bits per heavy atom. The Hall–Kier alpha value is -3.92. The van der Waals surface area contributed by atoms with Crippen LogP contribution in [0.3, 0.4) is 0 Å². The number of nitro groups is 1. The molecule has 0 bridgehead atoms. The summed E-state index contributed by atoms with van der Waals surface area (Å²) in [7, 11) is 0. The van der Waals surface area contributed by atoms with Gasteiger partial charge in [-0.25, -0.2) is 0 Å². The van der Waals surface area contributed by atoms with Crippen LogP contribution in [0.15, 0.2) is 51.7 Å². The summed E-state index contributed by atoms with van der Waals surface area (Å²) in [5, 5.41) is 20.7. The van der Waals surface area contributed by atoms with Crippen LogP contribution in [0.25, 0.3) is 11.0 Å². The summed E-state index contributed by atoms with van der Waals surface area (Å²) < 4.78 is 5.87. The molecule has 0 spiro atoms. The zero-order chi connectivity index (χ0) is 21.9. The van der Waals surface area contributed by atoms with E-state index in [0.717, 1.165) is 5.56 Å². The number of nitrogens with zero attached hydrogens (tertiary/aromatic N) is 4. The Labute approximate surface area is 178 Å². The molecule has 0 fully saturated rings. The number of carbonyl (C=O) groups is 1. The number of fused-ring (bicyclic) bond motifs is 2. The molecule has 1 aliphatic rings. The zero-order valence-electron chi connectivity index (χ0n) is 16.4. The van der Waals surface area contributed by atoms with Gasteiger partial charge >= 0.3 is 0 Å². The molecule has 0 unspecified atom stereocenters. The van der Waals surface area contributed by atoms with E-state index in [4.69, 9.17) is 4.42 Å². The first-order valence-electron chi connectivity index (χ1n) is 9.30. The Bertz CT molecular complexity index is 1460. The molecule has 0 radical (unpaired) electrons. The number of benzene rings is 2. The van der Waals surface area contributed by atoms with Gasteiger partial charge in [-0.3, -0.25) is 24.6 Å². The molecule has 10 heteroatoms. The smallest absolute Gasteiger partial charge is 0.297 e. The van der Waals surface area contributed by atoms with Crippen molar-refractivity contribution in [1.82, 2.24) is 10.2 Å². The maximum Gasteiger partial charge on any atom is 0.297 e. The third-order valence-corrected chi connectivity index (χ3v) is 5.98. The fourth-order valence-electron chi connectivity index (χ4n) is 3.79. The molecule has 5 rings (SSSR count). The molecular weight excluding hydrogens is 420 g/mol. The number of non-ortho nitro benzene ring substituents is 1. The normalized spacial score (nSPS) is 15.5. The van der Waals surface area contributed by atoms with E-state index >= 15 is 0 Å². The van der Waals surface area contributed by atoms with Gasteiger partial charge in [-0.1, -0.05) is 35.1 Å². The van der Waals surface area contributed by atoms with E-state index in [1.807, 2.05) is 6.92 Å². The Kier molecular flexibility index (Phi) is 4.19. The molecule has 154 valence electrons. The molecule has 1 amide bonds. The fourth-order valence-corrected chi connectivity index (χ4v) is 4.51. The summed E-state index contributed by atoms with van der Waals surface area (Å²) in [6, 6.07) is 10.1. The minimum Gasteiger partial charge on any atom is -0.450 e. The van der Waals surface area contributed by atoms with E-state index in [9.17, 15) is 19.7 Å². The van der Waals surface area contributed by atoms with E-state index < -0.39 is 16.9 Å². The number of aromatic nitrogens is 2. The van der Waals surface area contributed by atoms with Gasteiger partial charge in [-0.15, -0.1) is 10.2 Å². The Balaban J connectivity index is 1.83. The SMILES string of the molecule is Cc1ccc2oc3c(c(=O)c2c1)[C@@H](c1cccc([N+](=O)[O-])c1)N(c1nnc(C)s1)C3=O. The molecule has 4 aromatic rings. The topological polar surface area (TPSA) is 119 Å². The van der Waals surface area contributed by atoms with Gasteiger partial charge in [0.1, 0.15) is 10.6 Å². The highest BCUT2D eigenvalue weighted by Gasteiger charge is 2.45. The summed E-state index contributed by atoms with van der Waals surface area (Å²) in [5.41, 5.74) is 1.22. The number of hydrogen-bond donors (Lipinski definition) is 0. The van der Waals surface area contributed by atoms with E-state index in [2.05, 4.69) is 10.2 Å². The molecule has 2 aromatic carbocycles. The van der Waals surface area contributed by atoms with Crippen molar-refractivity contribution in [3.05, 3.63) is 90.3 Å². The number of amides is 1. The lowest BCUT2D eigenvalue weighted by molar-refractivity contribution is -0.384. The maximum absolute atomic E-state index is 13.5. The molecule has 2 aromatic heterocycles. The molecule has 3 heterocycles. The third kappa shape index (κ3) is 2.91. The van der Waals surface area contributed by atoms with Crippen LogP contribution in [0.2, 0.25) is 0 Å². The molecular formula is C21H14N4O5S. The van der Waals surface area contributed by atoms with Gasteiger partial charge < -0.3 is 4.42 Å². The summed E-state index contributed by atoms with van der Waals surface area (Å²) in [5.74, 6) is -0.632. The van der Waals surface area contributed by atoms with Crippen molar-refractivity contribution < 1.29 is 14.1 Å². The summed E-state index contributed by atoms with van der Waals surface area (Å²) >= 11 is 1.19. The van der Waals surface area contributed by atoms with Gasteiger partial charge in [0.2, 0.25) is 10.9 Å². The van der Waals surface area contributed by atoms with Crippen LogP contribution in [0, 0.1) is 24.0 Å². The van der Waals surface area contributed by atoms with Crippen LogP contribution in [-0.2, 0) is 0 Å². The van der Waals surface area contributed by atoms with Crippen molar-refractivity contribution in [3.8, 4) is 0 Å². The zero-order valence-corrected chi connectivity index (χ0v) is 17.2. The van der Waals surface area contributed by atoms with Gasteiger partial charge in [0.25, 0.3) is 11.6 Å². The lowest BCUT2D eigenvalue weighted by Gasteiger charge is -2.21. The second-order valence-corrected chi connectivity index (χ2v) is 8.37. The molecule has 0 saturated carbocycles. The quantitative estimate of drug-likeness (QED) is 0.354. The lowest BCUT2D eigenvalue weighted by atomic mass is 9.98. The predicted octanol–water partition coefficient (Wildman–Crippen LogP) is 3.92. The second kappa shape index (κ2) is 6.81. The molecule has 1 atom stereocenters. The molecule has 1 aliphatic heterocycles. The van der Waals surface area contributed by atoms with Crippen molar-refractivity contribution in [2.24, 2.45) is 0 Å². The van der Waals surface area contributed by atoms with Crippen molar-refractivity contribution in [2.75, 3.05) is 4.90 Å². The summed E-state index contributed by atoms with van der Waals surface area (Å²) in [6.45, 7) is 3.60. The van der Waals surface area contributed by atoms with E-state index in [1.165, 1.54) is 34.4 Å². The maximum atomic E-state index is 13.5. The lowest BCUT2D eigenvalue weighted by Crippen LogP contribution is -2.29. The highest BCUT2D eigenvalue weighted by molar-refractivity contribution is 7.15. The van der Waals surface area contributed by atoms with E-state index in [-0.39, 0.29) is 27.6 Å². The number of hydrogen-bond acceptors (Lipinski definition) is 8. The van der Waals surface area contributed by atoms with Crippen molar-refractivity contribution in [1.29, 1.82) is 0 Å². The monoisotopic (exact) mass is 434 g/mol. The molecule has 0 N–H and O–H groups in total. The second-order valence-electron chi connectivity index (χ2n) is 7.21. The van der Waals surface area contributed by atoms with Crippen LogP contribution in [-0.4, -0.2) is 21.0 Å². The molecule has 0 aliphatic carbocycles. The van der Waals surface area contributed by atoms with Crippen LogP contribution in [0.1, 0.15) is 38.3 Å². The average molecular weight is 434 g/mol. The minimum atomic E-state index is -0.920. The van der Waals surface area contributed by atoms with Crippen LogP contribution in [0.5, 0.6) is 0 Å². The first-order valence-corrected chi connectivity index (χ1v) is 10.1. The van der Waals surface area contributed by atoms with Gasteiger partial charge in [-0.2, -0.15) is 0 Å². The van der Waals surface area contributed by atoms with E-state index in [0.29, 0.717) is 21.5 Å². The van der Waals surface area contributed by atoms with Crippen LogP contribution < -0.4 is 10.3 Å². The minimum absolute atomic E-state index is 0.0919. The highest BCUT2D eigenvalue weighted by Crippen LogP contribution is 2.42. The van der Waals surface area contributed by atoms with Gasteiger partial charge in [0.05, 0.1) is 21.9 Å². The van der Waals surface area contributed by atoms with Gasteiger partial charge in [0, 0.05) is 12.1 Å². The number of nitro benzene ring substituents is 1. The summed E-state index contributed by atoms with van der Waals surface area (Å²) in [4.78, 5) is 39.0. The van der Waals surface area contributed by atoms with Gasteiger partial charge in [0.15, 0.2) is 5.43 Å². The third-order valence-electron chi connectivity index (χ3n) is 5.14. The highest BCUT2D eigenvalue weighted by atomic mass is 32.1. The van der Waals surface area contributed by atoms with E-state index in [1.54, 1.807) is 31.2 Å². The Morgan fingerprint density at radius 2 is 1.94 bits per heavy atom. The summed E-state index contributed by atoms with van der Waals surface area (Å²) in [6.07, 6.45) is 0. The first-order chi connectivity index (χ1) is 14.8. The van der Waals surface area contributed by atoms with Crippen molar-refractivity contribution in [2.45, 2.75) is 19.9 Å². The number of aryl methyl sites for hydroxylation is 2. The first kappa shape index (κ1) is 19.1. The average Bonchev–Trinajstić information content (AvgIpc) is 3.30. The molecule has 0 saturated heterocycles. The van der Waals surface area contributed by atoms with Crippen LogP contribution in [0.4, 0.5) is 10.8 Å². The predicted molar refractivity (Wildman–Crippen MR) is 114 cm³/mol. The number of carbonyl (C=O) groups excluding carboxylic acids is 1. The fraction of sp³-hybridized carbons (Fsp3) is 0.143.